The zero-order valence-electron chi connectivity index (χ0n) is 17.4. The van der Waals surface area contributed by atoms with Gasteiger partial charge in [0.15, 0.2) is 5.69 Å². The molecule has 0 saturated carbocycles. The van der Waals surface area contributed by atoms with Gasteiger partial charge in [0.05, 0.1) is 30.7 Å². The number of carbonyl (C=O) groups excluding carboxylic acids is 1. The number of aromatic nitrogens is 3. The number of aryl methyl sites for hydroxylation is 1. The van der Waals surface area contributed by atoms with Crippen molar-refractivity contribution in [2.45, 2.75) is 27.3 Å². The number of rotatable bonds is 8. The van der Waals surface area contributed by atoms with E-state index < -0.39 is 0 Å². The summed E-state index contributed by atoms with van der Waals surface area (Å²) in [6, 6.07) is 10.8. The largest absolute Gasteiger partial charge is 0.493 e. The van der Waals surface area contributed by atoms with E-state index in [0.29, 0.717) is 35.5 Å². The number of hydrogen-bond acceptors (Lipinski definition) is 4. The van der Waals surface area contributed by atoms with Crippen LogP contribution in [0.15, 0.2) is 49.2 Å². The van der Waals surface area contributed by atoms with Crippen molar-refractivity contribution in [1.82, 2.24) is 14.8 Å². The Bertz CT molecular complexity index is 1040. The van der Waals surface area contributed by atoms with Gasteiger partial charge >= 0.3 is 0 Å². The van der Waals surface area contributed by atoms with Crippen LogP contribution in [-0.2, 0) is 6.54 Å². The molecule has 0 saturated heterocycles. The van der Waals surface area contributed by atoms with Gasteiger partial charge < -0.3 is 10.1 Å². The highest BCUT2D eigenvalue weighted by Gasteiger charge is 2.15. The Balaban J connectivity index is 1.76. The number of amides is 1. The molecule has 0 fully saturated rings. The van der Waals surface area contributed by atoms with E-state index in [9.17, 15) is 4.79 Å². The van der Waals surface area contributed by atoms with Crippen molar-refractivity contribution in [3.8, 4) is 5.75 Å². The molecule has 0 aliphatic heterocycles. The maximum Gasteiger partial charge on any atom is 0.276 e. The first kappa shape index (κ1) is 21.6. The van der Waals surface area contributed by atoms with Crippen molar-refractivity contribution in [2.75, 3.05) is 11.9 Å². The Kier molecular flexibility index (Phi) is 6.90. The highest BCUT2D eigenvalue weighted by molar-refractivity contribution is 6.30. The molecule has 1 N–H and O–H groups in total. The second-order valence-corrected chi connectivity index (χ2v) is 7.85. The first-order valence-electron chi connectivity index (χ1n) is 9.71. The molecule has 0 atom stereocenters. The summed E-state index contributed by atoms with van der Waals surface area (Å²) in [5, 5.41) is 7.91. The highest BCUT2D eigenvalue weighted by Crippen LogP contribution is 2.25. The average Bonchev–Trinajstić information content (AvgIpc) is 3.08. The third-order valence-electron chi connectivity index (χ3n) is 4.38. The summed E-state index contributed by atoms with van der Waals surface area (Å²) < 4.78 is 7.69. The van der Waals surface area contributed by atoms with Crippen molar-refractivity contribution in [1.29, 1.82) is 0 Å². The maximum absolute atomic E-state index is 12.6. The first-order valence-corrected chi connectivity index (χ1v) is 10.1. The van der Waals surface area contributed by atoms with Crippen LogP contribution >= 0.6 is 11.6 Å². The van der Waals surface area contributed by atoms with Gasteiger partial charge in [-0.2, -0.15) is 5.10 Å². The molecule has 0 bridgehead atoms. The summed E-state index contributed by atoms with van der Waals surface area (Å²) in [7, 11) is 0. The molecule has 0 spiro atoms. The number of benzene rings is 1. The van der Waals surface area contributed by atoms with Gasteiger partial charge in [0, 0.05) is 16.3 Å². The minimum Gasteiger partial charge on any atom is -0.493 e. The monoisotopic (exact) mass is 424 g/mol. The second-order valence-electron chi connectivity index (χ2n) is 7.42. The fraction of sp³-hybridized carbons (Fsp3) is 0.261. The van der Waals surface area contributed by atoms with E-state index in [1.807, 2.05) is 19.1 Å². The molecule has 0 radical (unpaired) electrons. The molecule has 1 amide bonds. The van der Waals surface area contributed by atoms with E-state index in [2.05, 4.69) is 35.8 Å². The predicted molar refractivity (Wildman–Crippen MR) is 120 cm³/mol. The normalized spacial score (nSPS) is 10.8. The molecule has 1 aromatic carbocycles. The number of ether oxygens (including phenoxy) is 1. The molecule has 3 aromatic rings. The van der Waals surface area contributed by atoms with Crippen molar-refractivity contribution in [2.24, 2.45) is 5.92 Å². The summed E-state index contributed by atoms with van der Waals surface area (Å²) in [5.74, 6) is 0.875. The third-order valence-corrected chi connectivity index (χ3v) is 4.62. The number of nitrogens with zero attached hydrogens (tertiary/aromatic N) is 3. The van der Waals surface area contributed by atoms with Crippen LogP contribution in [0.1, 0.15) is 41.3 Å². The minimum absolute atomic E-state index is 0.299. The highest BCUT2D eigenvalue weighted by atomic mass is 35.5. The summed E-state index contributed by atoms with van der Waals surface area (Å²) in [5.41, 5.74) is 3.43. The lowest BCUT2D eigenvalue weighted by atomic mass is 10.2. The standard InChI is InChI=1S/C23H25ClN4O2/c1-5-19-7-8-20(12-25-19)26-23(29)21-10-16(4)28(27-21)13-17-11-18(24)6-9-22(17)30-14-15(2)3/h5-12,15H,1,13-14H2,2-4H3,(H,26,29). The molecule has 6 nitrogen and oxygen atoms in total. The van der Waals surface area contributed by atoms with Gasteiger partial charge in [0.25, 0.3) is 5.91 Å². The Labute approximate surface area is 181 Å². The summed E-state index contributed by atoms with van der Waals surface area (Å²) >= 11 is 6.19. The van der Waals surface area contributed by atoms with Crippen LogP contribution in [0.5, 0.6) is 5.75 Å². The van der Waals surface area contributed by atoms with Crippen LogP contribution in [0.2, 0.25) is 5.02 Å². The van der Waals surface area contributed by atoms with Gasteiger partial charge in [-0.05, 0) is 55.3 Å². The molecule has 3 rings (SSSR count). The van der Waals surface area contributed by atoms with Gasteiger partial charge in [-0.25, -0.2) is 0 Å². The summed E-state index contributed by atoms with van der Waals surface area (Å²) in [6.07, 6.45) is 3.23. The van der Waals surface area contributed by atoms with Gasteiger partial charge in [-0.15, -0.1) is 0 Å². The van der Waals surface area contributed by atoms with E-state index in [1.165, 1.54) is 0 Å². The number of anilines is 1. The van der Waals surface area contributed by atoms with Gasteiger partial charge in [0.2, 0.25) is 0 Å². The van der Waals surface area contributed by atoms with E-state index in [-0.39, 0.29) is 5.91 Å². The van der Waals surface area contributed by atoms with Gasteiger partial charge in [-0.1, -0.05) is 32.0 Å². The van der Waals surface area contributed by atoms with Crippen molar-refractivity contribution in [3.63, 3.8) is 0 Å². The predicted octanol–water partition coefficient (Wildman–Crippen LogP) is 5.22. The Hall–Kier alpha value is -3.12. The summed E-state index contributed by atoms with van der Waals surface area (Å²) in [6.45, 7) is 10.8. The Morgan fingerprint density at radius 1 is 1.30 bits per heavy atom. The molecule has 2 heterocycles. The number of hydrogen-bond donors (Lipinski definition) is 1. The van der Waals surface area contributed by atoms with E-state index in [4.69, 9.17) is 16.3 Å². The molecule has 0 aliphatic rings. The van der Waals surface area contributed by atoms with Gasteiger partial charge in [-0.3, -0.25) is 14.5 Å². The topological polar surface area (TPSA) is 69.0 Å². The average molecular weight is 425 g/mol. The Morgan fingerprint density at radius 2 is 2.10 bits per heavy atom. The van der Waals surface area contributed by atoms with Crippen molar-refractivity contribution < 1.29 is 9.53 Å². The molecule has 0 aliphatic carbocycles. The number of carbonyl (C=O) groups is 1. The lowest BCUT2D eigenvalue weighted by Gasteiger charge is -2.14. The van der Waals surface area contributed by atoms with E-state index >= 15 is 0 Å². The lowest BCUT2D eigenvalue weighted by molar-refractivity contribution is 0.102. The molecular formula is C23H25ClN4O2. The van der Waals surface area contributed by atoms with E-state index in [1.54, 1.807) is 41.2 Å². The zero-order valence-corrected chi connectivity index (χ0v) is 18.1. The maximum atomic E-state index is 12.6. The van der Waals surface area contributed by atoms with Crippen LogP contribution in [0.4, 0.5) is 5.69 Å². The SMILES string of the molecule is C=Cc1ccc(NC(=O)c2cc(C)n(Cc3cc(Cl)ccc3OCC(C)C)n2)cn1. The summed E-state index contributed by atoms with van der Waals surface area (Å²) in [4.78, 5) is 16.8. The fourth-order valence-electron chi connectivity index (χ4n) is 2.81. The zero-order chi connectivity index (χ0) is 21.7. The van der Waals surface area contributed by atoms with Crippen LogP contribution < -0.4 is 10.1 Å². The Morgan fingerprint density at radius 3 is 2.77 bits per heavy atom. The van der Waals surface area contributed by atoms with Crippen LogP contribution in [0.3, 0.4) is 0 Å². The quantitative estimate of drug-likeness (QED) is 0.538. The number of halogens is 1. The van der Waals surface area contributed by atoms with Crippen LogP contribution in [0, 0.1) is 12.8 Å². The molecule has 7 heteroatoms. The smallest absolute Gasteiger partial charge is 0.276 e. The van der Waals surface area contributed by atoms with E-state index in [0.717, 1.165) is 22.7 Å². The van der Waals surface area contributed by atoms with Crippen molar-refractivity contribution in [3.05, 3.63) is 76.8 Å². The molecule has 156 valence electrons. The molecule has 2 aromatic heterocycles. The van der Waals surface area contributed by atoms with Crippen molar-refractivity contribution >= 4 is 29.3 Å². The van der Waals surface area contributed by atoms with Crippen LogP contribution in [-0.4, -0.2) is 27.3 Å². The molecule has 30 heavy (non-hydrogen) atoms. The second kappa shape index (κ2) is 9.59. The van der Waals surface area contributed by atoms with Gasteiger partial charge in [0.1, 0.15) is 5.75 Å². The number of nitrogens with one attached hydrogen (secondary N) is 1. The first-order chi connectivity index (χ1) is 14.4. The molecule has 0 unspecified atom stereocenters. The number of pyridine rings is 1. The fourth-order valence-corrected chi connectivity index (χ4v) is 3.00. The van der Waals surface area contributed by atoms with Crippen LogP contribution in [0.25, 0.3) is 6.08 Å². The minimum atomic E-state index is -0.299. The third kappa shape index (κ3) is 5.48. The molecular weight excluding hydrogens is 400 g/mol. The lowest BCUT2D eigenvalue weighted by Crippen LogP contribution is -2.14.